The van der Waals surface area contributed by atoms with E-state index in [0.29, 0.717) is 0 Å². The van der Waals surface area contributed by atoms with E-state index >= 15 is 0 Å². The van der Waals surface area contributed by atoms with E-state index in [1.54, 1.807) is 0 Å². The van der Waals surface area contributed by atoms with Crippen LogP contribution in [0.5, 0.6) is 0 Å². The molecule has 3 nitrogen and oxygen atoms in total. The number of likely N-dealkylation sites (N-methyl/N-ethyl adjacent to an activating group) is 1. The predicted molar refractivity (Wildman–Crippen MR) is 86.0 cm³/mol. The van der Waals surface area contributed by atoms with Gasteiger partial charge in [-0.15, -0.1) is 11.3 Å². The van der Waals surface area contributed by atoms with Gasteiger partial charge in [-0.2, -0.15) is 0 Å². The van der Waals surface area contributed by atoms with Crippen LogP contribution in [-0.4, -0.2) is 29.5 Å². The fraction of sp³-hybridized carbons (Fsp3) is 0.438. The third-order valence-electron chi connectivity index (χ3n) is 3.42. The molecule has 0 amide bonds. The van der Waals surface area contributed by atoms with Crippen molar-refractivity contribution in [3.05, 3.63) is 52.0 Å². The zero-order valence-electron chi connectivity index (χ0n) is 12.3. The minimum Gasteiger partial charge on any atom is -0.311 e. The van der Waals surface area contributed by atoms with Crippen LogP contribution in [0, 0.1) is 6.92 Å². The van der Waals surface area contributed by atoms with Crippen LogP contribution < -0.4 is 5.32 Å². The first-order valence-electron chi connectivity index (χ1n) is 7.15. The largest absolute Gasteiger partial charge is 0.311 e. The van der Waals surface area contributed by atoms with Gasteiger partial charge in [0.05, 0.1) is 5.69 Å². The van der Waals surface area contributed by atoms with Crippen LogP contribution in [0.3, 0.4) is 0 Å². The van der Waals surface area contributed by atoms with Gasteiger partial charge in [0.15, 0.2) is 0 Å². The van der Waals surface area contributed by atoms with Crippen molar-refractivity contribution in [1.82, 2.24) is 15.2 Å². The highest BCUT2D eigenvalue weighted by molar-refractivity contribution is 7.10. The van der Waals surface area contributed by atoms with Crippen molar-refractivity contribution in [3.8, 4) is 0 Å². The van der Waals surface area contributed by atoms with E-state index in [2.05, 4.69) is 46.6 Å². The molecule has 2 aromatic heterocycles. The molecule has 2 heterocycles. The van der Waals surface area contributed by atoms with E-state index in [1.165, 1.54) is 10.4 Å². The Labute approximate surface area is 125 Å². The number of nitrogens with zero attached hydrogens (tertiary/aromatic N) is 2. The quantitative estimate of drug-likeness (QED) is 0.757. The highest BCUT2D eigenvalue weighted by Gasteiger charge is 2.04. The molecule has 0 aliphatic carbocycles. The lowest BCUT2D eigenvalue weighted by Crippen LogP contribution is -2.31. The Kier molecular flexibility index (Phi) is 6.18. The molecule has 108 valence electrons. The maximum absolute atomic E-state index is 4.39. The van der Waals surface area contributed by atoms with Crippen molar-refractivity contribution in [2.75, 3.05) is 19.6 Å². The van der Waals surface area contributed by atoms with Gasteiger partial charge in [0.2, 0.25) is 0 Å². The first-order valence-corrected chi connectivity index (χ1v) is 8.03. The molecule has 0 aromatic carbocycles. The standard InChI is InChI=1S/C16H23N3S/c1-3-19(13-15-6-4-5-8-18-15)10-9-17-12-16-14(2)7-11-20-16/h4-8,11,17H,3,9-10,12-13H2,1-2H3. The van der Waals surface area contributed by atoms with Crippen LogP contribution in [0.4, 0.5) is 0 Å². The van der Waals surface area contributed by atoms with Crippen molar-refractivity contribution >= 4 is 11.3 Å². The minimum absolute atomic E-state index is 0.928. The van der Waals surface area contributed by atoms with E-state index in [0.717, 1.165) is 38.4 Å². The highest BCUT2D eigenvalue weighted by atomic mass is 32.1. The van der Waals surface area contributed by atoms with Crippen LogP contribution >= 0.6 is 11.3 Å². The number of pyridine rings is 1. The fourth-order valence-electron chi connectivity index (χ4n) is 2.09. The first-order chi connectivity index (χ1) is 9.79. The van der Waals surface area contributed by atoms with Crippen LogP contribution in [0.25, 0.3) is 0 Å². The van der Waals surface area contributed by atoms with E-state index < -0.39 is 0 Å². The van der Waals surface area contributed by atoms with Gasteiger partial charge in [-0.3, -0.25) is 9.88 Å². The lowest BCUT2D eigenvalue weighted by Gasteiger charge is -2.20. The number of aromatic nitrogens is 1. The molecule has 0 unspecified atom stereocenters. The SMILES string of the molecule is CCN(CCNCc1sccc1C)Cc1ccccn1. The molecule has 0 saturated carbocycles. The summed E-state index contributed by atoms with van der Waals surface area (Å²) in [7, 11) is 0. The van der Waals surface area contributed by atoms with Gasteiger partial charge in [-0.25, -0.2) is 0 Å². The number of nitrogens with one attached hydrogen (secondary N) is 1. The monoisotopic (exact) mass is 289 g/mol. The Bertz CT molecular complexity index is 495. The number of thiophene rings is 1. The van der Waals surface area contributed by atoms with Crippen molar-refractivity contribution in [3.63, 3.8) is 0 Å². The molecule has 0 radical (unpaired) electrons. The van der Waals surface area contributed by atoms with Gasteiger partial charge in [-0.1, -0.05) is 13.0 Å². The Hall–Kier alpha value is -1.23. The van der Waals surface area contributed by atoms with Crippen molar-refractivity contribution in [2.24, 2.45) is 0 Å². The Morgan fingerprint density at radius 1 is 1.30 bits per heavy atom. The summed E-state index contributed by atoms with van der Waals surface area (Å²) in [4.78, 5) is 8.24. The molecular formula is C16H23N3S. The Morgan fingerprint density at radius 2 is 2.20 bits per heavy atom. The molecule has 1 N–H and O–H groups in total. The third-order valence-corrected chi connectivity index (χ3v) is 4.44. The number of rotatable bonds is 8. The lowest BCUT2D eigenvalue weighted by molar-refractivity contribution is 0.276. The summed E-state index contributed by atoms with van der Waals surface area (Å²) in [5, 5.41) is 5.69. The van der Waals surface area contributed by atoms with Gasteiger partial charge in [-0.05, 0) is 42.6 Å². The molecule has 4 heteroatoms. The van der Waals surface area contributed by atoms with E-state index in [1.807, 2.05) is 29.7 Å². The first kappa shape index (κ1) is 15.2. The average molecular weight is 289 g/mol. The van der Waals surface area contributed by atoms with E-state index in [9.17, 15) is 0 Å². The fourth-order valence-corrected chi connectivity index (χ4v) is 2.97. The maximum Gasteiger partial charge on any atom is 0.0543 e. The molecule has 0 bridgehead atoms. The summed E-state index contributed by atoms with van der Waals surface area (Å²) in [6.07, 6.45) is 1.86. The second-order valence-corrected chi connectivity index (χ2v) is 5.89. The van der Waals surface area contributed by atoms with Crippen LogP contribution in [0.2, 0.25) is 0 Å². The van der Waals surface area contributed by atoms with Crippen molar-refractivity contribution in [1.29, 1.82) is 0 Å². The summed E-state index contributed by atoms with van der Waals surface area (Å²) in [6, 6.07) is 8.28. The molecular weight excluding hydrogens is 266 g/mol. The number of aryl methyl sites for hydroxylation is 1. The molecule has 0 fully saturated rings. The van der Waals surface area contributed by atoms with Crippen molar-refractivity contribution < 1.29 is 0 Å². The number of hydrogen-bond acceptors (Lipinski definition) is 4. The summed E-state index contributed by atoms with van der Waals surface area (Å²) < 4.78 is 0. The van der Waals surface area contributed by atoms with Crippen LogP contribution in [0.15, 0.2) is 35.8 Å². The zero-order valence-corrected chi connectivity index (χ0v) is 13.1. The normalized spacial score (nSPS) is 11.2. The molecule has 0 atom stereocenters. The molecule has 0 spiro atoms. The lowest BCUT2D eigenvalue weighted by atomic mass is 10.3. The van der Waals surface area contributed by atoms with Gasteiger partial charge >= 0.3 is 0 Å². The van der Waals surface area contributed by atoms with Crippen LogP contribution in [-0.2, 0) is 13.1 Å². The molecule has 0 saturated heterocycles. The van der Waals surface area contributed by atoms with Gasteiger partial charge < -0.3 is 5.32 Å². The van der Waals surface area contributed by atoms with E-state index in [-0.39, 0.29) is 0 Å². The number of hydrogen-bond donors (Lipinski definition) is 1. The van der Waals surface area contributed by atoms with Gasteiger partial charge in [0, 0.05) is 37.3 Å². The second kappa shape index (κ2) is 8.15. The molecule has 20 heavy (non-hydrogen) atoms. The summed E-state index contributed by atoms with van der Waals surface area (Å²) in [6.45, 7) is 9.40. The third kappa shape index (κ3) is 4.71. The summed E-state index contributed by atoms with van der Waals surface area (Å²) >= 11 is 1.83. The second-order valence-electron chi connectivity index (χ2n) is 4.89. The molecule has 2 rings (SSSR count). The highest BCUT2D eigenvalue weighted by Crippen LogP contribution is 2.14. The molecule has 0 aliphatic rings. The van der Waals surface area contributed by atoms with Gasteiger partial charge in [0.25, 0.3) is 0 Å². The maximum atomic E-state index is 4.39. The topological polar surface area (TPSA) is 28.2 Å². The predicted octanol–water partition coefficient (Wildman–Crippen LogP) is 3.06. The Morgan fingerprint density at radius 3 is 2.85 bits per heavy atom. The summed E-state index contributed by atoms with van der Waals surface area (Å²) in [5.41, 5.74) is 2.53. The van der Waals surface area contributed by atoms with Crippen molar-refractivity contribution in [2.45, 2.75) is 26.9 Å². The smallest absolute Gasteiger partial charge is 0.0543 e. The molecule has 0 aliphatic heterocycles. The van der Waals surface area contributed by atoms with Gasteiger partial charge in [0.1, 0.15) is 0 Å². The van der Waals surface area contributed by atoms with Crippen LogP contribution in [0.1, 0.15) is 23.1 Å². The van der Waals surface area contributed by atoms with E-state index in [4.69, 9.17) is 0 Å². The zero-order chi connectivity index (χ0) is 14.2. The minimum atomic E-state index is 0.928. The Balaban J connectivity index is 1.70. The molecule has 2 aromatic rings. The summed E-state index contributed by atoms with van der Waals surface area (Å²) in [5.74, 6) is 0. The average Bonchev–Trinajstić information content (AvgIpc) is 2.89.